The van der Waals surface area contributed by atoms with Gasteiger partial charge in [0.15, 0.2) is 0 Å². The number of anilines is 2. The number of hydrogen-bond donors (Lipinski definition) is 2. The molecule has 0 spiro atoms. The van der Waals surface area contributed by atoms with Crippen LogP contribution in [0.3, 0.4) is 0 Å². The Balaban J connectivity index is 1.63. The predicted octanol–water partition coefficient (Wildman–Crippen LogP) is 3.70. The molecule has 0 aliphatic carbocycles. The van der Waals surface area contributed by atoms with Crippen LogP contribution in [0.4, 0.5) is 11.6 Å². The Bertz CT molecular complexity index is 913. The van der Waals surface area contributed by atoms with E-state index >= 15 is 0 Å². The first-order chi connectivity index (χ1) is 13.1. The molecule has 1 aromatic heterocycles. The fraction of sp³-hybridized carbons (Fsp3) is 0.190. The molecule has 1 amide bonds. The van der Waals surface area contributed by atoms with Gasteiger partial charge in [-0.05, 0) is 49.2 Å². The highest BCUT2D eigenvalue weighted by atomic mass is 16.5. The Morgan fingerprint density at radius 2 is 1.85 bits per heavy atom. The van der Waals surface area contributed by atoms with Gasteiger partial charge in [0.2, 0.25) is 5.95 Å². The van der Waals surface area contributed by atoms with Crippen LogP contribution in [0.2, 0.25) is 0 Å². The molecule has 2 N–H and O–H groups in total. The van der Waals surface area contributed by atoms with Crippen molar-refractivity contribution in [2.24, 2.45) is 0 Å². The van der Waals surface area contributed by atoms with Crippen molar-refractivity contribution in [3.8, 4) is 5.75 Å². The zero-order valence-electron chi connectivity index (χ0n) is 15.4. The molecule has 3 rings (SSSR count). The third-order valence-electron chi connectivity index (χ3n) is 3.95. The van der Waals surface area contributed by atoms with Gasteiger partial charge in [0, 0.05) is 17.9 Å². The summed E-state index contributed by atoms with van der Waals surface area (Å²) < 4.78 is 5.24. The molecule has 0 unspecified atom stereocenters. The quantitative estimate of drug-likeness (QED) is 0.670. The van der Waals surface area contributed by atoms with E-state index in [1.54, 1.807) is 13.2 Å². The van der Waals surface area contributed by atoms with Crippen molar-refractivity contribution >= 4 is 17.5 Å². The van der Waals surface area contributed by atoms with E-state index in [1.807, 2.05) is 61.5 Å². The zero-order chi connectivity index (χ0) is 19.1. The van der Waals surface area contributed by atoms with Crippen LogP contribution in [0.15, 0.2) is 60.7 Å². The van der Waals surface area contributed by atoms with Crippen LogP contribution in [0.1, 0.15) is 21.7 Å². The van der Waals surface area contributed by atoms with Crippen LogP contribution >= 0.6 is 0 Å². The third-order valence-corrected chi connectivity index (χ3v) is 3.95. The summed E-state index contributed by atoms with van der Waals surface area (Å²) in [6.45, 7) is 2.49. The van der Waals surface area contributed by atoms with Gasteiger partial charge >= 0.3 is 0 Å². The van der Waals surface area contributed by atoms with Crippen LogP contribution in [0.25, 0.3) is 0 Å². The molecular weight excluding hydrogens is 340 g/mol. The van der Waals surface area contributed by atoms with Gasteiger partial charge < -0.3 is 15.4 Å². The van der Waals surface area contributed by atoms with E-state index in [4.69, 9.17) is 4.74 Å². The summed E-state index contributed by atoms with van der Waals surface area (Å²) in [5.41, 5.74) is 2.94. The van der Waals surface area contributed by atoms with E-state index in [2.05, 4.69) is 20.6 Å². The summed E-state index contributed by atoms with van der Waals surface area (Å²) >= 11 is 0. The lowest BCUT2D eigenvalue weighted by atomic mass is 10.1. The van der Waals surface area contributed by atoms with Crippen LogP contribution in [-0.4, -0.2) is 29.5 Å². The Hall–Kier alpha value is -3.41. The smallest absolute Gasteiger partial charge is 0.274 e. The molecule has 1 heterocycles. The Morgan fingerprint density at radius 3 is 2.63 bits per heavy atom. The summed E-state index contributed by atoms with van der Waals surface area (Å²) in [5.74, 6) is 1.01. The standard InChI is InChI=1S/C21H22N4O2/c1-15-13-19(20(26)24-17-8-4-3-5-9-17)25-21(23-15)22-12-11-16-7-6-10-18(14-16)27-2/h3-10,13-14H,11-12H2,1-2H3,(H,24,26)(H,22,23,25). The second-order valence-corrected chi connectivity index (χ2v) is 6.07. The fourth-order valence-electron chi connectivity index (χ4n) is 2.63. The topological polar surface area (TPSA) is 76.1 Å². The van der Waals surface area contributed by atoms with E-state index in [1.165, 1.54) is 0 Å². The number of carbonyl (C=O) groups excluding carboxylic acids is 1. The number of methoxy groups -OCH3 is 1. The van der Waals surface area contributed by atoms with Gasteiger partial charge in [-0.25, -0.2) is 9.97 Å². The minimum atomic E-state index is -0.262. The number of nitrogens with zero attached hydrogens (tertiary/aromatic N) is 2. The molecule has 0 radical (unpaired) electrons. The van der Waals surface area contributed by atoms with Crippen molar-refractivity contribution in [1.82, 2.24) is 9.97 Å². The number of hydrogen-bond acceptors (Lipinski definition) is 5. The summed E-state index contributed by atoms with van der Waals surface area (Å²) in [7, 11) is 1.65. The first-order valence-electron chi connectivity index (χ1n) is 8.73. The number of benzene rings is 2. The van der Waals surface area contributed by atoms with Gasteiger partial charge in [-0.3, -0.25) is 4.79 Å². The Kier molecular flexibility index (Phi) is 5.99. The number of rotatable bonds is 7. The fourth-order valence-corrected chi connectivity index (χ4v) is 2.63. The first kappa shape index (κ1) is 18.4. The molecular formula is C21H22N4O2. The largest absolute Gasteiger partial charge is 0.497 e. The molecule has 0 atom stereocenters. The summed E-state index contributed by atoms with van der Waals surface area (Å²) in [4.78, 5) is 21.1. The summed E-state index contributed by atoms with van der Waals surface area (Å²) in [6, 6.07) is 18.9. The van der Waals surface area contributed by atoms with Gasteiger partial charge in [-0.1, -0.05) is 30.3 Å². The molecule has 2 aromatic carbocycles. The normalized spacial score (nSPS) is 10.3. The molecule has 6 heteroatoms. The second-order valence-electron chi connectivity index (χ2n) is 6.07. The summed E-state index contributed by atoms with van der Waals surface area (Å²) in [6.07, 6.45) is 0.792. The molecule has 0 aliphatic rings. The highest BCUT2D eigenvalue weighted by molar-refractivity contribution is 6.03. The maximum atomic E-state index is 12.4. The Morgan fingerprint density at radius 1 is 1.04 bits per heavy atom. The third kappa shape index (κ3) is 5.28. The number of para-hydroxylation sites is 1. The number of nitrogens with one attached hydrogen (secondary N) is 2. The number of amides is 1. The van der Waals surface area contributed by atoms with Gasteiger partial charge in [0.25, 0.3) is 5.91 Å². The molecule has 6 nitrogen and oxygen atoms in total. The van der Waals surface area contributed by atoms with E-state index in [0.29, 0.717) is 18.2 Å². The molecule has 0 bridgehead atoms. The van der Waals surface area contributed by atoms with Gasteiger partial charge in [-0.15, -0.1) is 0 Å². The van der Waals surface area contributed by atoms with E-state index in [-0.39, 0.29) is 5.91 Å². The van der Waals surface area contributed by atoms with Gasteiger partial charge in [0.1, 0.15) is 11.4 Å². The van der Waals surface area contributed by atoms with E-state index in [0.717, 1.165) is 29.1 Å². The lowest BCUT2D eigenvalue weighted by Crippen LogP contribution is -2.16. The lowest BCUT2D eigenvalue weighted by molar-refractivity contribution is 0.102. The average Bonchev–Trinajstić information content (AvgIpc) is 2.68. The van der Waals surface area contributed by atoms with Crippen molar-refractivity contribution in [3.63, 3.8) is 0 Å². The van der Waals surface area contributed by atoms with Crippen molar-refractivity contribution in [2.45, 2.75) is 13.3 Å². The maximum absolute atomic E-state index is 12.4. The van der Waals surface area contributed by atoms with E-state index < -0.39 is 0 Å². The van der Waals surface area contributed by atoms with Crippen LogP contribution in [-0.2, 0) is 6.42 Å². The highest BCUT2D eigenvalue weighted by Crippen LogP contribution is 2.14. The molecule has 0 fully saturated rings. The molecule has 138 valence electrons. The van der Waals surface area contributed by atoms with E-state index in [9.17, 15) is 4.79 Å². The maximum Gasteiger partial charge on any atom is 0.274 e. The van der Waals surface area contributed by atoms with Crippen molar-refractivity contribution < 1.29 is 9.53 Å². The van der Waals surface area contributed by atoms with Crippen LogP contribution in [0.5, 0.6) is 5.75 Å². The van der Waals surface area contributed by atoms with Crippen LogP contribution in [0, 0.1) is 6.92 Å². The number of aryl methyl sites for hydroxylation is 1. The van der Waals surface area contributed by atoms with Gasteiger partial charge in [-0.2, -0.15) is 0 Å². The zero-order valence-corrected chi connectivity index (χ0v) is 15.4. The SMILES string of the molecule is COc1cccc(CCNc2nc(C)cc(C(=O)Nc3ccccc3)n2)c1. The molecule has 0 saturated heterocycles. The second kappa shape index (κ2) is 8.80. The Labute approximate surface area is 158 Å². The monoisotopic (exact) mass is 362 g/mol. The van der Waals surface area contributed by atoms with Crippen molar-refractivity contribution in [3.05, 3.63) is 77.6 Å². The minimum absolute atomic E-state index is 0.262. The molecule has 0 saturated carbocycles. The average molecular weight is 362 g/mol. The first-order valence-corrected chi connectivity index (χ1v) is 8.73. The summed E-state index contributed by atoms with van der Waals surface area (Å²) in [5, 5.41) is 6.02. The predicted molar refractivity (Wildman–Crippen MR) is 106 cm³/mol. The highest BCUT2D eigenvalue weighted by Gasteiger charge is 2.11. The van der Waals surface area contributed by atoms with Crippen molar-refractivity contribution in [2.75, 3.05) is 24.3 Å². The minimum Gasteiger partial charge on any atom is -0.497 e. The molecule has 3 aromatic rings. The number of ether oxygens (including phenoxy) is 1. The molecule has 27 heavy (non-hydrogen) atoms. The van der Waals surface area contributed by atoms with Crippen LogP contribution < -0.4 is 15.4 Å². The lowest BCUT2D eigenvalue weighted by Gasteiger charge is -2.09. The van der Waals surface area contributed by atoms with Gasteiger partial charge in [0.05, 0.1) is 7.11 Å². The van der Waals surface area contributed by atoms with Crippen molar-refractivity contribution in [1.29, 1.82) is 0 Å². The number of carbonyl (C=O) groups is 1. The molecule has 0 aliphatic heterocycles. The number of aromatic nitrogens is 2.